The molecule has 7 heteroatoms. The Bertz CT molecular complexity index is 613. The summed E-state index contributed by atoms with van der Waals surface area (Å²) in [6.07, 6.45) is 1.59. The minimum absolute atomic E-state index is 0.321. The lowest BCUT2D eigenvalue weighted by molar-refractivity contribution is -0.123. The Morgan fingerprint density at radius 2 is 2.05 bits per heavy atom. The number of carbonyl (C=O) groups is 1. The van der Waals surface area contributed by atoms with E-state index in [1.807, 2.05) is 6.92 Å². The zero-order valence-electron chi connectivity index (χ0n) is 12.1. The van der Waals surface area contributed by atoms with Gasteiger partial charge in [0.2, 0.25) is 15.9 Å². The summed E-state index contributed by atoms with van der Waals surface area (Å²) in [6.45, 7) is 3.60. The lowest BCUT2D eigenvalue weighted by Crippen LogP contribution is -2.37. The molecule has 0 fully saturated rings. The van der Waals surface area contributed by atoms with Gasteiger partial charge < -0.3 is 10.5 Å². The van der Waals surface area contributed by atoms with Gasteiger partial charge in [-0.1, -0.05) is 13.0 Å². The third-order valence-electron chi connectivity index (χ3n) is 3.38. The Balaban J connectivity index is 3.32. The summed E-state index contributed by atoms with van der Waals surface area (Å²) in [5.74, 6) is -0.0975. The molecular formula is C13H20N2O4S. The average Bonchev–Trinajstić information content (AvgIpc) is 2.36. The molecule has 0 bridgehead atoms. The SMILES string of the molecule is CCC(C)(C(N)=O)c1ccc(NS(C)(=O)=O)c(OC)c1. The molecule has 20 heavy (non-hydrogen) atoms. The van der Waals surface area contributed by atoms with Gasteiger partial charge >= 0.3 is 0 Å². The van der Waals surface area contributed by atoms with Crippen molar-refractivity contribution in [3.8, 4) is 5.75 Å². The number of nitrogens with one attached hydrogen (secondary N) is 1. The molecule has 0 saturated heterocycles. The van der Waals surface area contributed by atoms with Gasteiger partial charge in [-0.2, -0.15) is 0 Å². The van der Waals surface area contributed by atoms with Crippen molar-refractivity contribution in [1.82, 2.24) is 0 Å². The molecule has 1 rings (SSSR count). The molecule has 0 radical (unpaired) electrons. The number of amides is 1. The van der Waals surface area contributed by atoms with Crippen LogP contribution in [-0.4, -0.2) is 27.7 Å². The highest BCUT2D eigenvalue weighted by molar-refractivity contribution is 7.92. The second-order valence-electron chi connectivity index (χ2n) is 4.84. The maximum atomic E-state index is 11.6. The Morgan fingerprint density at radius 3 is 2.45 bits per heavy atom. The predicted molar refractivity (Wildman–Crippen MR) is 78.3 cm³/mol. The van der Waals surface area contributed by atoms with Crippen LogP contribution in [0.3, 0.4) is 0 Å². The van der Waals surface area contributed by atoms with Gasteiger partial charge in [-0.05, 0) is 31.0 Å². The maximum Gasteiger partial charge on any atom is 0.229 e. The van der Waals surface area contributed by atoms with Crippen molar-refractivity contribution >= 4 is 21.6 Å². The summed E-state index contributed by atoms with van der Waals surface area (Å²) in [5.41, 5.74) is 5.64. The third kappa shape index (κ3) is 3.41. The van der Waals surface area contributed by atoms with Crippen LogP contribution in [0.25, 0.3) is 0 Å². The second-order valence-corrected chi connectivity index (χ2v) is 6.59. The fraction of sp³-hybridized carbons (Fsp3) is 0.462. The highest BCUT2D eigenvalue weighted by atomic mass is 32.2. The highest BCUT2D eigenvalue weighted by Crippen LogP contribution is 2.34. The van der Waals surface area contributed by atoms with Crippen molar-refractivity contribution < 1.29 is 17.9 Å². The van der Waals surface area contributed by atoms with Crippen LogP contribution in [-0.2, 0) is 20.2 Å². The molecule has 0 aromatic heterocycles. The number of hydrogen-bond acceptors (Lipinski definition) is 4. The van der Waals surface area contributed by atoms with E-state index in [4.69, 9.17) is 10.5 Å². The molecule has 112 valence electrons. The van der Waals surface area contributed by atoms with Crippen LogP contribution in [0.15, 0.2) is 18.2 Å². The number of nitrogens with two attached hydrogens (primary N) is 1. The van der Waals surface area contributed by atoms with E-state index < -0.39 is 21.3 Å². The van der Waals surface area contributed by atoms with Crippen LogP contribution in [0.4, 0.5) is 5.69 Å². The summed E-state index contributed by atoms with van der Waals surface area (Å²) in [4.78, 5) is 11.6. The summed E-state index contributed by atoms with van der Waals surface area (Å²) >= 11 is 0. The van der Waals surface area contributed by atoms with Crippen molar-refractivity contribution in [3.05, 3.63) is 23.8 Å². The first-order valence-corrected chi connectivity index (χ1v) is 7.99. The van der Waals surface area contributed by atoms with Crippen LogP contribution in [0, 0.1) is 0 Å². The lowest BCUT2D eigenvalue weighted by atomic mass is 9.79. The van der Waals surface area contributed by atoms with E-state index in [0.717, 1.165) is 6.26 Å². The molecule has 1 unspecified atom stereocenters. The molecule has 1 aromatic rings. The van der Waals surface area contributed by atoms with Gasteiger partial charge in [0.1, 0.15) is 5.75 Å². The third-order valence-corrected chi connectivity index (χ3v) is 3.98. The topological polar surface area (TPSA) is 98.5 Å². The van der Waals surface area contributed by atoms with Crippen molar-refractivity contribution in [2.75, 3.05) is 18.1 Å². The number of ether oxygens (including phenoxy) is 1. The Hall–Kier alpha value is -1.76. The van der Waals surface area contributed by atoms with E-state index in [9.17, 15) is 13.2 Å². The molecule has 1 amide bonds. The Kier molecular flexibility index (Phi) is 4.65. The standard InChI is InChI=1S/C13H20N2O4S/c1-5-13(2,12(14)16)9-6-7-10(11(8-9)19-3)15-20(4,17)18/h6-8,15H,5H2,1-4H3,(H2,14,16). The summed E-state index contributed by atoms with van der Waals surface area (Å²) < 4.78 is 30.1. The van der Waals surface area contributed by atoms with E-state index in [0.29, 0.717) is 23.4 Å². The van der Waals surface area contributed by atoms with Crippen LogP contribution in [0.1, 0.15) is 25.8 Å². The number of anilines is 1. The highest BCUT2D eigenvalue weighted by Gasteiger charge is 2.32. The van der Waals surface area contributed by atoms with Crippen molar-refractivity contribution in [2.45, 2.75) is 25.7 Å². The van der Waals surface area contributed by atoms with E-state index in [-0.39, 0.29) is 0 Å². The number of rotatable bonds is 6. The van der Waals surface area contributed by atoms with Gasteiger partial charge in [0.15, 0.2) is 0 Å². The van der Waals surface area contributed by atoms with Gasteiger partial charge in [0, 0.05) is 0 Å². The largest absolute Gasteiger partial charge is 0.495 e. The predicted octanol–water partition coefficient (Wildman–Crippen LogP) is 1.22. The maximum absolute atomic E-state index is 11.6. The van der Waals surface area contributed by atoms with E-state index in [1.165, 1.54) is 7.11 Å². The molecule has 0 aliphatic rings. The minimum Gasteiger partial charge on any atom is -0.495 e. The first-order valence-electron chi connectivity index (χ1n) is 6.10. The molecule has 1 atom stereocenters. The molecular weight excluding hydrogens is 280 g/mol. The first kappa shape index (κ1) is 16.3. The van der Waals surface area contributed by atoms with E-state index in [1.54, 1.807) is 25.1 Å². The molecule has 0 spiro atoms. The van der Waals surface area contributed by atoms with Gasteiger partial charge in [0.05, 0.1) is 24.5 Å². The monoisotopic (exact) mass is 300 g/mol. The molecule has 0 heterocycles. The summed E-state index contributed by atoms with van der Waals surface area (Å²) in [6, 6.07) is 4.86. The fourth-order valence-corrected chi connectivity index (χ4v) is 2.41. The van der Waals surface area contributed by atoms with Crippen LogP contribution >= 0.6 is 0 Å². The molecule has 0 aliphatic carbocycles. The number of methoxy groups -OCH3 is 1. The van der Waals surface area contributed by atoms with Gasteiger partial charge in [-0.25, -0.2) is 8.42 Å². The van der Waals surface area contributed by atoms with Crippen LogP contribution < -0.4 is 15.2 Å². The Morgan fingerprint density at radius 1 is 1.45 bits per heavy atom. The van der Waals surface area contributed by atoms with Gasteiger partial charge in [-0.15, -0.1) is 0 Å². The van der Waals surface area contributed by atoms with Crippen LogP contribution in [0.5, 0.6) is 5.75 Å². The molecule has 6 nitrogen and oxygen atoms in total. The van der Waals surface area contributed by atoms with Crippen molar-refractivity contribution in [2.24, 2.45) is 5.73 Å². The number of sulfonamides is 1. The lowest BCUT2D eigenvalue weighted by Gasteiger charge is -2.26. The molecule has 0 aliphatic heterocycles. The number of hydrogen-bond donors (Lipinski definition) is 2. The molecule has 1 aromatic carbocycles. The van der Waals surface area contributed by atoms with Gasteiger partial charge in [-0.3, -0.25) is 9.52 Å². The Labute approximate surface area is 119 Å². The fourth-order valence-electron chi connectivity index (χ4n) is 1.84. The quantitative estimate of drug-likeness (QED) is 0.825. The summed E-state index contributed by atoms with van der Waals surface area (Å²) in [7, 11) is -1.97. The number of primary amides is 1. The zero-order valence-corrected chi connectivity index (χ0v) is 12.9. The first-order chi connectivity index (χ1) is 9.14. The normalized spacial score (nSPS) is 14.4. The second kappa shape index (κ2) is 5.70. The van der Waals surface area contributed by atoms with Crippen molar-refractivity contribution in [1.29, 1.82) is 0 Å². The van der Waals surface area contributed by atoms with E-state index >= 15 is 0 Å². The zero-order chi connectivity index (χ0) is 15.6. The number of benzene rings is 1. The van der Waals surface area contributed by atoms with E-state index in [2.05, 4.69) is 4.72 Å². The van der Waals surface area contributed by atoms with Crippen LogP contribution in [0.2, 0.25) is 0 Å². The van der Waals surface area contributed by atoms with Gasteiger partial charge in [0.25, 0.3) is 0 Å². The average molecular weight is 300 g/mol. The number of carbonyl (C=O) groups excluding carboxylic acids is 1. The smallest absolute Gasteiger partial charge is 0.229 e. The molecule has 3 N–H and O–H groups in total. The minimum atomic E-state index is -3.40. The van der Waals surface area contributed by atoms with Crippen molar-refractivity contribution in [3.63, 3.8) is 0 Å². The summed E-state index contributed by atoms with van der Waals surface area (Å²) in [5, 5.41) is 0. The molecule has 0 saturated carbocycles.